The van der Waals surface area contributed by atoms with Crippen molar-refractivity contribution >= 4 is 8.25 Å². The molecule has 0 amide bonds. The summed E-state index contributed by atoms with van der Waals surface area (Å²) in [6.45, 7) is 5.90. The molecule has 22 heavy (non-hydrogen) atoms. The Hall–Kier alpha value is -2.24. The largest absolute Gasteiger partial charge is 0.747 e. The van der Waals surface area contributed by atoms with Crippen LogP contribution in [-0.2, 0) is 4.57 Å². The average Bonchev–Trinajstić information content (AvgIpc) is 2.36. The Morgan fingerprint density at radius 3 is 2.45 bits per heavy atom. The second kappa shape index (κ2) is 7.15. The van der Waals surface area contributed by atoms with Crippen LogP contribution in [0.2, 0.25) is 0 Å². The van der Waals surface area contributed by atoms with Gasteiger partial charge in [0.1, 0.15) is 11.6 Å². The molecule has 7 nitrogen and oxygen atoms in total. The lowest BCUT2D eigenvalue weighted by Crippen LogP contribution is -1.99. The van der Waals surface area contributed by atoms with E-state index in [4.69, 9.17) is 18.9 Å². The van der Waals surface area contributed by atoms with Gasteiger partial charge in [-0.1, -0.05) is 0 Å². The Kier molecular flexibility index (Phi) is 5.25. The molecule has 0 saturated carbocycles. The lowest BCUT2D eigenvalue weighted by Gasteiger charge is -2.09. The first kappa shape index (κ1) is 16.1. The fraction of sp³-hybridized carbons (Fsp3) is 0.286. The fourth-order valence-corrected chi connectivity index (χ4v) is 2.11. The van der Waals surface area contributed by atoms with E-state index in [-0.39, 0.29) is 5.75 Å². The van der Waals surface area contributed by atoms with Crippen molar-refractivity contribution in [1.29, 1.82) is 0 Å². The first-order valence-corrected chi connectivity index (χ1v) is 7.71. The number of hydrogen-bond donors (Lipinski definition) is 1. The van der Waals surface area contributed by atoms with Crippen LogP contribution in [0.4, 0.5) is 0 Å². The van der Waals surface area contributed by atoms with Crippen LogP contribution in [0.3, 0.4) is 0 Å². The molecule has 0 fully saturated rings. The molecular weight excluding hydrogens is 307 g/mol. The maximum atomic E-state index is 10.8. The van der Waals surface area contributed by atoms with Gasteiger partial charge in [-0.2, -0.15) is 9.97 Å². The SMILES string of the molecule is CCOc1cc(Oc2cc(C)cc(O[P+](=O)O)c2)nc(C)n1. The van der Waals surface area contributed by atoms with E-state index < -0.39 is 8.25 Å². The van der Waals surface area contributed by atoms with E-state index in [0.717, 1.165) is 5.56 Å². The fourth-order valence-electron chi connectivity index (χ4n) is 1.82. The minimum Gasteiger partial charge on any atom is -0.478 e. The number of aromatic nitrogens is 2. The monoisotopic (exact) mass is 323 g/mol. The zero-order valence-corrected chi connectivity index (χ0v) is 13.3. The minimum absolute atomic E-state index is 0.245. The van der Waals surface area contributed by atoms with Crippen LogP contribution in [0.1, 0.15) is 18.3 Å². The standard InChI is InChI=1S/C14H15N2O5P/c1-4-19-13-8-14(16-10(3)15-13)20-11-5-9(2)6-12(7-11)21-22(17)18/h5-8H,4H2,1-3H3/p+1. The normalized spacial score (nSPS) is 11.0. The highest BCUT2D eigenvalue weighted by Gasteiger charge is 2.16. The molecule has 1 aromatic heterocycles. The number of ether oxygens (including phenoxy) is 2. The summed E-state index contributed by atoms with van der Waals surface area (Å²) in [7, 11) is -2.73. The molecular formula is C14H16N2O5P+. The summed E-state index contributed by atoms with van der Waals surface area (Å²) in [5.74, 6) is 1.94. The molecule has 2 rings (SSSR count). The van der Waals surface area contributed by atoms with Crippen molar-refractivity contribution in [1.82, 2.24) is 9.97 Å². The second-order valence-corrected chi connectivity index (χ2v) is 5.10. The summed E-state index contributed by atoms with van der Waals surface area (Å²) in [5.41, 5.74) is 0.820. The van der Waals surface area contributed by atoms with Gasteiger partial charge in [-0.15, -0.1) is 4.89 Å². The topological polar surface area (TPSA) is 90.8 Å². The first-order valence-electron chi connectivity index (χ1n) is 6.58. The lowest BCUT2D eigenvalue weighted by atomic mass is 10.2. The number of rotatable bonds is 6. The van der Waals surface area contributed by atoms with Gasteiger partial charge < -0.3 is 9.47 Å². The highest BCUT2D eigenvalue weighted by atomic mass is 31.1. The van der Waals surface area contributed by atoms with Crippen LogP contribution in [0, 0.1) is 13.8 Å². The van der Waals surface area contributed by atoms with Gasteiger partial charge in [0.15, 0.2) is 5.75 Å². The zero-order chi connectivity index (χ0) is 16.1. The Morgan fingerprint density at radius 2 is 1.77 bits per heavy atom. The van der Waals surface area contributed by atoms with Crippen molar-refractivity contribution in [3.05, 3.63) is 35.7 Å². The number of hydrogen-bond acceptors (Lipinski definition) is 6. The van der Waals surface area contributed by atoms with Crippen LogP contribution in [0.5, 0.6) is 23.3 Å². The first-order chi connectivity index (χ1) is 10.5. The van der Waals surface area contributed by atoms with Gasteiger partial charge in [-0.3, -0.25) is 0 Å². The Morgan fingerprint density at radius 1 is 1.09 bits per heavy atom. The minimum atomic E-state index is -2.73. The van der Waals surface area contributed by atoms with Crippen molar-refractivity contribution in [3.63, 3.8) is 0 Å². The van der Waals surface area contributed by atoms with Crippen LogP contribution < -0.4 is 14.0 Å². The van der Waals surface area contributed by atoms with Gasteiger partial charge in [0, 0.05) is 10.6 Å². The van der Waals surface area contributed by atoms with Crippen molar-refractivity contribution in [2.24, 2.45) is 0 Å². The van der Waals surface area contributed by atoms with Gasteiger partial charge in [0.25, 0.3) is 0 Å². The Balaban J connectivity index is 2.26. The third kappa shape index (κ3) is 4.65. The summed E-state index contributed by atoms with van der Waals surface area (Å²) in [4.78, 5) is 17.1. The Bertz CT molecular complexity index is 693. The van der Waals surface area contributed by atoms with Gasteiger partial charge in [0.2, 0.25) is 11.8 Å². The third-order valence-electron chi connectivity index (χ3n) is 2.51. The molecule has 0 aliphatic rings. The van der Waals surface area contributed by atoms with Crippen LogP contribution in [0.15, 0.2) is 24.3 Å². The van der Waals surface area contributed by atoms with E-state index in [2.05, 4.69) is 9.97 Å². The highest BCUT2D eigenvalue weighted by Crippen LogP contribution is 2.31. The summed E-state index contributed by atoms with van der Waals surface area (Å²) >= 11 is 0. The van der Waals surface area contributed by atoms with Crippen molar-refractivity contribution in [2.75, 3.05) is 6.61 Å². The van der Waals surface area contributed by atoms with Gasteiger partial charge in [-0.25, -0.2) is 4.52 Å². The predicted molar refractivity (Wildman–Crippen MR) is 79.6 cm³/mol. The molecule has 1 atom stereocenters. The molecule has 1 aromatic carbocycles. The molecule has 116 valence electrons. The lowest BCUT2D eigenvalue weighted by molar-refractivity contribution is 0.321. The number of nitrogens with zero attached hydrogens (tertiary/aromatic N) is 2. The van der Waals surface area contributed by atoms with E-state index in [0.29, 0.717) is 29.9 Å². The highest BCUT2D eigenvalue weighted by molar-refractivity contribution is 7.32. The molecule has 0 radical (unpaired) electrons. The van der Waals surface area contributed by atoms with Crippen LogP contribution >= 0.6 is 8.25 Å². The van der Waals surface area contributed by atoms with E-state index >= 15 is 0 Å². The molecule has 0 spiro atoms. The van der Waals surface area contributed by atoms with Gasteiger partial charge in [0.05, 0.1) is 12.7 Å². The van der Waals surface area contributed by atoms with Crippen LogP contribution in [-0.4, -0.2) is 21.5 Å². The van der Waals surface area contributed by atoms with Crippen molar-refractivity contribution in [3.8, 4) is 23.3 Å². The summed E-state index contributed by atoms with van der Waals surface area (Å²) in [6.07, 6.45) is 0. The molecule has 1 N–H and O–H groups in total. The van der Waals surface area contributed by atoms with E-state index in [1.54, 1.807) is 25.1 Å². The maximum absolute atomic E-state index is 10.8. The number of benzene rings is 1. The van der Waals surface area contributed by atoms with Gasteiger partial charge >= 0.3 is 8.25 Å². The summed E-state index contributed by atoms with van der Waals surface area (Å²) in [6, 6.07) is 6.47. The van der Waals surface area contributed by atoms with Crippen molar-refractivity contribution < 1.29 is 23.5 Å². The third-order valence-corrected chi connectivity index (χ3v) is 2.88. The van der Waals surface area contributed by atoms with E-state index in [9.17, 15) is 4.57 Å². The van der Waals surface area contributed by atoms with E-state index in [1.807, 2.05) is 13.8 Å². The van der Waals surface area contributed by atoms with Crippen LogP contribution in [0.25, 0.3) is 0 Å². The molecule has 2 aromatic rings. The molecule has 0 aliphatic heterocycles. The Labute approximate surface area is 128 Å². The average molecular weight is 323 g/mol. The molecule has 1 unspecified atom stereocenters. The molecule has 8 heteroatoms. The predicted octanol–water partition coefficient (Wildman–Crippen LogP) is 3.31. The van der Waals surface area contributed by atoms with Gasteiger partial charge in [-0.05, 0) is 38.5 Å². The number of aryl methyl sites for hydroxylation is 2. The molecule has 0 aliphatic carbocycles. The second-order valence-electron chi connectivity index (χ2n) is 4.44. The quantitative estimate of drug-likeness (QED) is 0.815. The molecule has 0 saturated heterocycles. The summed E-state index contributed by atoms with van der Waals surface area (Å²) in [5, 5.41) is 0. The summed E-state index contributed by atoms with van der Waals surface area (Å²) < 4.78 is 26.5. The smallest absolute Gasteiger partial charge is 0.478 e. The maximum Gasteiger partial charge on any atom is 0.747 e. The zero-order valence-electron chi connectivity index (χ0n) is 12.4. The molecule has 0 bridgehead atoms. The van der Waals surface area contributed by atoms with E-state index in [1.165, 1.54) is 6.07 Å². The van der Waals surface area contributed by atoms with Crippen molar-refractivity contribution in [2.45, 2.75) is 20.8 Å². The molecule has 1 heterocycles.